The van der Waals surface area contributed by atoms with E-state index in [9.17, 15) is 4.79 Å². The second kappa shape index (κ2) is 9.03. The Bertz CT molecular complexity index is 788. The number of carbonyl (C=O) groups is 1. The monoisotopic (exact) mass is 386 g/mol. The van der Waals surface area contributed by atoms with Crippen molar-refractivity contribution in [3.63, 3.8) is 0 Å². The highest BCUT2D eigenvalue weighted by Gasteiger charge is 2.22. The van der Waals surface area contributed by atoms with Gasteiger partial charge >= 0.3 is 0 Å². The number of likely N-dealkylation sites (N-methyl/N-ethyl adjacent to an activating group) is 1. The quantitative estimate of drug-likeness (QED) is 0.650. The number of hydrogen-bond acceptors (Lipinski definition) is 7. The molecule has 1 fully saturated rings. The van der Waals surface area contributed by atoms with E-state index in [4.69, 9.17) is 0 Å². The van der Waals surface area contributed by atoms with E-state index in [1.54, 1.807) is 11.9 Å². The van der Waals surface area contributed by atoms with Gasteiger partial charge in [-0.25, -0.2) is 0 Å². The van der Waals surface area contributed by atoms with Crippen molar-refractivity contribution in [2.45, 2.75) is 45.4 Å². The van der Waals surface area contributed by atoms with Gasteiger partial charge in [-0.1, -0.05) is 17.9 Å². The van der Waals surface area contributed by atoms with E-state index in [-0.39, 0.29) is 5.91 Å². The first-order chi connectivity index (χ1) is 13.0. The summed E-state index contributed by atoms with van der Waals surface area (Å²) in [6.07, 6.45) is 5.87. The van der Waals surface area contributed by atoms with Crippen LogP contribution in [-0.2, 0) is 17.6 Å². The minimum absolute atomic E-state index is 0.0266. The Morgan fingerprint density at radius 3 is 2.74 bits per heavy atom. The van der Waals surface area contributed by atoms with Crippen molar-refractivity contribution in [2.75, 3.05) is 25.0 Å². The van der Waals surface area contributed by atoms with Crippen LogP contribution in [0.25, 0.3) is 0 Å². The van der Waals surface area contributed by atoms with Crippen LogP contribution in [0.1, 0.15) is 42.1 Å². The molecule has 0 aromatic carbocycles. The molecule has 1 aliphatic rings. The van der Waals surface area contributed by atoms with Crippen LogP contribution in [0.5, 0.6) is 0 Å². The number of aryl methyl sites for hydroxylation is 3. The summed E-state index contributed by atoms with van der Waals surface area (Å²) in [4.78, 5) is 16.1. The third-order valence-corrected chi connectivity index (χ3v) is 5.77. The van der Waals surface area contributed by atoms with Crippen LogP contribution >= 0.6 is 11.3 Å². The molecule has 0 saturated carbocycles. The van der Waals surface area contributed by atoms with Crippen LogP contribution in [0, 0.1) is 6.92 Å². The summed E-state index contributed by atoms with van der Waals surface area (Å²) >= 11 is 1.49. The first kappa shape index (κ1) is 19.4. The molecule has 1 aliphatic heterocycles. The molecular weight excluding hydrogens is 360 g/mol. The normalized spacial score (nSPS) is 14.0. The van der Waals surface area contributed by atoms with E-state index in [0.29, 0.717) is 11.7 Å². The van der Waals surface area contributed by atoms with Gasteiger partial charge in [0.25, 0.3) is 0 Å². The third kappa shape index (κ3) is 5.32. The first-order valence-corrected chi connectivity index (χ1v) is 10.2. The number of allylic oxidation sites excluding steroid dienone is 1. The van der Waals surface area contributed by atoms with Gasteiger partial charge in [-0.15, -0.1) is 10.2 Å². The van der Waals surface area contributed by atoms with Gasteiger partial charge in [0.05, 0.1) is 17.9 Å². The molecule has 27 heavy (non-hydrogen) atoms. The summed E-state index contributed by atoms with van der Waals surface area (Å²) in [6, 6.07) is 4.02. The van der Waals surface area contributed by atoms with Crippen LogP contribution in [0.2, 0.25) is 0 Å². The summed E-state index contributed by atoms with van der Waals surface area (Å²) in [5.74, 6) is 0.0266. The molecular formula is C19H26N6OS. The third-order valence-electron chi connectivity index (χ3n) is 4.71. The standard InChI is InChI=1S/C19H26N6OS/c1-14-10-11-16(21-20-14)8-4-5-9-17-22-23-19(27-17)24(3)18(26)13-25-12-6-7-15(25)2/h10-11H,2,4-9,12-13H2,1,3H3. The zero-order valence-electron chi connectivity index (χ0n) is 16.0. The minimum atomic E-state index is 0.0266. The highest BCUT2D eigenvalue weighted by Crippen LogP contribution is 2.23. The summed E-state index contributed by atoms with van der Waals surface area (Å²) in [5.41, 5.74) is 3.01. The van der Waals surface area contributed by atoms with E-state index in [0.717, 1.165) is 67.2 Å². The lowest BCUT2D eigenvalue weighted by atomic mass is 10.1. The summed E-state index contributed by atoms with van der Waals surface area (Å²) < 4.78 is 0. The predicted octanol–water partition coefficient (Wildman–Crippen LogP) is 2.77. The second-order valence-electron chi connectivity index (χ2n) is 6.90. The van der Waals surface area contributed by atoms with Crippen molar-refractivity contribution in [1.29, 1.82) is 0 Å². The molecule has 0 N–H and O–H groups in total. The molecule has 2 aromatic heterocycles. The van der Waals surface area contributed by atoms with Crippen LogP contribution in [0.3, 0.4) is 0 Å². The van der Waals surface area contributed by atoms with Crippen LogP contribution in [-0.4, -0.2) is 51.3 Å². The number of carbonyl (C=O) groups excluding carboxylic acids is 1. The Morgan fingerprint density at radius 1 is 1.22 bits per heavy atom. The zero-order chi connectivity index (χ0) is 19.2. The topological polar surface area (TPSA) is 75.1 Å². The molecule has 1 amide bonds. The Morgan fingerprint density at radius 2 is 2.04 bits per heavy atom. The molecule has 1 saturated heterocycles. The van der Waals surface area contributed by atoms with Gasteiger partial charge in [0.1, 0.15) is 5.01 Å². The van der Waals surface area contributed by atoms with Gasteiger partial charge in [-0.2, -0.15) is 10.2 Å². The van der Waals surface area contributed by atoms with Gasteiger partial charge in [0.15, 0.2) is 0 Å². The lowest BCUT2D eigenvalue weighted by Gasteiger charge is -2.21. The van der Waals surface area contributed by atoms with Crippen molar-refractivity contribution in [2.24, 2.45) is 0 Å². The number of anilines is 1. The SMILES string of the molecule is C=C1CCCN1CC(=O)N(C)c1nnc(CCCCc2ccc(C)nn2)s1. The fourth-order valence-corrected chi connectivity index (χ4v) is 3.84. The highest BCUT2D eigenvalue weighted by molar-refractivity contribution is 7.15. The number of hydrogen-bond donors (Lipinski definition) is 0. The first-order valence-electron chi connectivity index (χ1n) is 9.34. The van der Waals surface area contributed by atoms with Crippen molar-refractivity contribution in [1.82, 2.24) is 25.3 Å². The Balaban J connectivity index is 1.43. The molecule has 0 atom stereocenters. The Kier molecular flexibility index (Phi) is 6.49. The molecule has 144 valence electrons. The number of unbranched alkanes of at least 4 members (excludes halogenated alkanes) is 1. The number of nitrogens with zero attached hydrogens (tertiary/aromatic N) is 6. The maximum absolute atomic E-state index is 12.5. The van der Waals surface area contributed by atoms with E-state index >= 15 is 0 Å². The largest absolute Gasteiger partial charge is 0.366 e. The van der Waals surface area contributed by atoms with Gasteiger partial charge in [0, 0.05) is 25.7 Å². The maximum atomic E-state index is 12.5. The lowest BCUT2D eigenvalue weighted by Crippen LogP contribution is -2.36. The average Bonchev–Trinajstić information content (AvgIpc) is 3.29. The number of amides is 1. The van der Waals surface area contributed by atoms with Crippen molar-refractivity contribution < 1.29 is 4.79 Å². The fourth-order valence-electron chi connectivity index (χ4n) is 2.98. The van der Waals surface area contributed by atoms with Crippen molar-refractivity contribution in [3.8, 4) is 0 Å². The van der Waals surface area contributed by atoms with Gasteiger partial charge < -0.3 is 4.90 Å². The van der Waals surface area contributed by atoms with E-state index in [1.807, 2.05) is 19.1 Å². The molecule has 0 radical (unpaired) electrons. The molecule has 8 heteroatoms. The summed E-state index contributed by atoms with van der Waals surface area (Å²) in [7, 11) is 1.77. The second-order valence-corrected chi connectivity index (χ2v) is 7.94. The zero-order valence-corrected chi connectivity index (χ0v) is 16.8. The molecule has 3 rings (SSSR count). The summed E-state index contributed by atoms with van der Waals surface area (Å²) in [5, 5.41) is 18.3. The predicted molar refractivity (Wildman–Crippen MR) is 107 cm³/mol. The van der Waals surface area contributed by atoms with E-state index < -0.39 is 0 Å². The van der Waals surface area contributed by atoms with Gasteiger partial charge in [-0.3, -0.25) is 9.69 Å². The number of aromatic nitrogens is 4. The molecule has 0 spiro atoms. The molecule has 0 aliphatic carbocycles. The van der Waals surface area contributed by atoms with Gasteiger partial charge in [-0.05, 0) is 51.2 Å². The Hall–Kier alpha value is -2.35. The lowest BCUT2D eigenvalue weighted by molar-refractivity contribution is -0.118. The van der Waals surface area contributed by atoms with E-state index in [2.05, 4.69) is 31.9 Å². The van der Waals surface area contributed by atoms with Crippen molar-refractivity contribution in [3.05, 3.63) is 40.8 Å². The highest BCUT2D eigenvalue weighted by atomic mass is 32.1. The van der Waals surface area contributed by atoms with E-state index in [1.165, 1.54) is 11.3 Å². The molecule has 0 unspecified atom stereocenters. The number of rotatable bonds is 8. The maximum Gasteiger partial charge on any atom is 0.248 e. The van der Waals surface area contributed by atoms with Crippen LogP contribution in [0.15, 0.2) is 24.4 Å². The molecule has 2 aromatic rings. The van der Waals surface area contributed by atoms with Gasteiger partial charge in [0.2, 0.25) is 11.0 Å². The van der Waals surface area contributed by atoms with Crippen LogP contribution < -0.4 is 4.90 Å². The molecule has 0 bridgehead atoms. The van der Waals surface area contributed by atoms with Crippen molar-refractivity contribution >= 4 is 22.4 Å². The van der Waals surface area contributed by atoms with Crippen LogP contribution in [0.4, 0.5) is 5.13 Å². The smallest absolute Gasteiger partial charge is 0.248 e. The minimum Gasteiger partial charge on any atom is -0.366 e. The number of likely N-dealkylation sites (tertiary alicyclic amines) is 1. The average molecular weight is 387 g/mol. The molecule has 3 heterocycles. The Labute approximate surface area is 164 Å². The fraction of sp³-hybridized carbons (Fsp3) is 0.526. The molecule has 7 nitrogen and oxygen atoms in total. The summed E-state index contributed by atoms with van der Waals surface area (Å²) in [6.45, 7) is 7.22.